The van der Waals surface area contributed by atoms with Crippen LogP contribution >= 0.6 is 15.9 Å². The molecule has 0 saturated heterocycles. The van der Waals surface area contributed by atoms with Gasteiger partial charge in [-0.2, -0.15) is 0 Å². The van der Waals surface area contributed by atoms with E-state index in [1.165, 1.54) is 31.2 Å². The zero-order chi connectivity index (χ0) is 19.8. The molecule has 0 saturated carbocycles. The van der Waals surface area contributed by atoms with E-state index in [-0.39, 0.29) is 27.8 Å². The molecule has 0 spiro atoms. The van der Waals surface area contributed by atoms with Gasteiger partial charge in [-0.15, -0.1) is 13.2 Å². The summed E-state index contributed by atoms with van der Waals surface area (Å²) in [6, 6.07) is 11.6. The highest BCUT2D eigenvalue weighted by Gasteiger charge is 2.32. The van der Waals surface area contributed by atoms with Crippen molar-refractivity contribution in [1.29, 1.82) is 0 Å². The first kappa shape index (κ1) is 18.8. The lowest BCUT2D eigenvalue weighted by atomic mass is 10.1. The smallest absolute Gasteiger partial charge is 0.421 e. The van der Waals surface area contributed by atoms with Crippen LogP contribution in [0.25, 0.3) is 22.1 Å². The van der Waals surface area contributed by atoms with Gasteiger partial charge in [-0.05, 0) is 30.3 Å². The minimum atomic E-state index is -4.94. The van der Waals surface area contributed by atoms with Gasteiger partial charge in [-0.1, -0.05) is 22.0 Å². The number of hydrogen-bond donors (Lipinski definition) is 0. The summed E-state index contributed by atoms with van der Waals surface area (Å²) in [5.74, 6) is -1.17. The van der Waals surface area contributed by atoms with Crippen molar-refractivity contribution in [1.82, 2.24) is 0 Å². The normalized spacial score (nSPS) is 11.1. The van der Waals surface area contributed by atoms with Crippen molar-refractivity contribution in [2.45, 2.75) is 13.3 Å². The Morgan fingerprint density at radius 2 is 1.89 bits per heavy atom. The molecular formula is C18H8BrF3O5. The molecule has 9 heteroatoms. The second kappa shape index (κ2) is 6.96. The fourth-order valence-electron chi connectivity index (χ4n) is 2.30. The van der Waals surface area contributed by atoms with Gasteiger partial charge in [0.2, 0.25) is 0 Å². The molecule has 27 heavy (non-hydrogen) atoms. The second-order valence-electron chi connectivity index (χ2n) is 5.27. The van der Waals surface area contributed by atoms with Crippen LogP contribution in [0.4, 0.5) is 13.2 Å². The molecule has 0 fully saturated rings. The van der Waals surface area contributed by atoms with Crippen LogP contribution in [0.5, 0.6) is 11.5 Å². The maximum Gasteiger partial charge on any atom is 0.573 e. The first-order valence-electron chi connectivity index (χ1n) is 7.28. The Bertz CT molecular complexity index is 1090. The molecule has 5 nitrogen and oxygen atoms in total. The van der Waals surface area contributed by atoms with E-state index in [0.29, 0.717) is 4.47 Å². The molecule has 0 radical (unpaired) electrons. The third-order valence-corrected chi connectivity index (χ3v) is 3.77. The van der Waals surface area contributed by atoms with Crippen LogP contribution in [-0.4, -0.2) is 12.3 Å². The second-order valence-corrected chi connectivity index (χ2v) is 6.18. The van der Waals surface area contributed by atoms with Gasteiger partial charge >= 0.3 is 18.0 Å². The maximum absolute atomic E-state index is 12.7. The van der Waals surface area contributed by atoms with Gasteiger partial charge in [-0.3, -0.25) is 4.79 Å². The van der Waals surface area contributed by atoms with Crippen LogP contribution in [-0.2, 0) is 4.79 Å². The molecule has 1 aromatic heterocycles. The summed E-state index contributed by atoms with van der Waals surface area (Å²) >= 11 is 3.06. The van der Waals surface area contributed by atoms with E-state index < -0.39 is 23.7 Å². The molecule has 138 valence electrons. The van der Waals surface area contributed by atoms with Crippen LogP contribution in [0.1, 0.15) is 6.92 Å². The van der Waals surface area contributed by atoms with Crippen molar-refractivity contribution in [2.24, 2.45) is 0 Å². The van der Waals surface area contributed by atoms with Gasteiger partial charge in [0.1, 0.15) is 5.75 Å². The molecule has 1 heterocycles. The average Bonchev–Trinajstić information content (AvgIpc) is 2.52. The van der Waals surface area contributed by atoms with Crippen LogP contribution in [0.2, 0.25) is 0 Å². The highest BCUT2D eigenvalue weighted by Crippen LogP contribution is 2.35. The quantitative estimate of drug-likeness (QED) is 0.554. The van der Waals surface area contributed by atoms with Crippen LogP contribution in [0, 0.1) is 12.1 Å². The predicted molar refractivity (Wildman–Crippen MR) is 91.3 cm³/mol. The molecule has 0 aliphatic carbocycles. The van der Waals surface area contributed by atoms with Gasteiger partial charge in [0, 0.05) is 23.0 Å². The van der Waals surface area contributed by atoms with E-state index in [0.717, 1.165) is 6.07 Å². The Morgan fingerprint density at radius 1 is 1.15 bits per heavy atom. The summed E-state index contributed by atoms with van der Waals surface area (Å²) in [6.07, 6.45) is -4.94. The minimum absolute atomic E-state index is 0.00404. The third-order valence-electron chi connectivity index (χ3n) is 3.27. The Morgan fingerprint density at radius 3 is 2.56 bits per heavy atom. The van der Waals surface area contributed by atoms with Crippen molar-refractivity contribution in [3.63, 3.8) is 0 Å². The number of fused-ring (bicyclic) bond motifs is 1. The number of rotatable bonds is 3. The Labute approximate surface area is 158 Å². The standard InChI is InChI=1S/C18H8BrF3O5/c1-9(23)25-12-4-2-10-6-14(17(24)26-15(10)8-12)13-5-3-11(19)7-16(13)27-18(20,21)22/h3,5-8H,1H3. The molecule has 0 N–H and O–H groups in total. The molecule has 0 aliphatic rings. The lowest BCUT2D eigenvalue weighted by Crippen LogP contribution is -2.18. The molecule has 2 aromatic carbocycles. The average molecular weight is 441 g/mol. The highest BCUT2D eigenvalue weighted by molar-refractivity contribution is 9.10. The third kappa shape index (κ3) is 4.41. The molecule has 0 amide bonds. The minimum Gasteiger partial charge on any atom is -0.421 e. The first-order valence-corrected chi connectivity index (χ1v) is 8.07. The van der Waals surface area contributed by atoms with E-state index >= 15 is 0 Å². The molecule has 0 unspecified atom stereocenters. The number of carbonyl (C=O) groups is 1. The van der Waals surface area contributed by atoms with E-state index in [2.05, 4.69) is 32.8 Å². The Hall–Kier alpha value is -2.99. The number of benzene rings is 1. The van der Waals surface area contributed by atoms with Crippen molar-refractivity contribution in [2.75, 3.05) is 0 Å². The van der Waals surface area contributed by atoms with E-state index in [4.69, 9.17) is 9.15 Å². The molecule has 0 bridgehead atoms. The fourth-order valence-corrected chi connectivity index (χ4v) is 2.64. The SMILES string of the molecule is CC(=O)Oc1c#cc2cc(-c3ccc(Br)cc3OC(F)(F)F)c(=O)oc2c1. The zero-order valence-corrected chi connectivity index (χ0v) is 15.0. The Kier molecular flexibility index (Phi) is 4.85. The van der Waals surface area contributed by atoms with Crippen molar-refractivity contribution in [3.05, 3.63) is 57.4 Å². The van der Waals surface area contributed by atoms with Crippen LogP contribution in [0.3, 0.4) is 0 Å². The number of hydrogen-bond acceptors (Lipinski definition) is 5. The van der Waals surface area contributed by atoms with Gasteiger partial charge in [0.15, 0.2) is 11.3 Å². The summed E-state index contributed by atoms with van der Waals surface area (Å²) in [6.45, 7) is 1.19. The predicted octanol–water partition coefficient (Wildman–Crippen LogP) is 4.65. The van der Waals surface area contributed by atoms with Gasteiger partial charge < -0.3 is 13.9 Å². The number of alkyl halides is 3. The number of ether oxygens (including phenoxy) is 2. The summed E-state index contributed by atoms with van der Waals surface area (Å²) < 4.78 is 52.3. The summed E-state index contributed by atoms with van der Waals surface area (Å²) in [7, 11) is 0. The number of halogens is 4. The van der Waals surface area contributed by atoms with E-state index in [1.54, 1.807) is 0 Å². The van der Waals surface area contributed by atoms with Gasteiger partial charge in [0.25, 0.3) is 0 Å². The number of carbonyl (C=O) groups excluding carboxylic acids is 1. The maximum atomic E-state index is 12.7. The summed E-state index contributed by atoms with van der Waals surface area (Å²) in [5, 5.41) is 0.251. The summed E-state index contributed by atoms with van der Waals surface area (Å²) in [4.78, 5) is 23.3. The Balaban J connectivity index is 2.14. The van der Waals surface area contributed by atoms with Crippen molar-refractivity contribution >= 4 is 32.9 Å². The lowest BCUT2D eigenvalue weighted by Gasteiger charge is -2.13. The number of esters is 1. The molecule has 0 aliphatic heterocycles. The molecule has 3 rings (SSSR count). The topological polar surface area (TPSA) is 65.7 Å². The zero-order valence-electron chi connectivity index (χ0n) is 13.4. The molecular weight excluding hydrogens is 433 g/mol. The lowest BCUT2D eigenvalue weighted by molar-refractivity contribution is -0.274. The van der Waals surface area contributed by atoms with Crippen molar-refractivity contribution < 1.29 is 31.9 Å². The van der Waals surface area contributed by atoms with Crippen molar-refractivity contribution in [3.8, 4) is 22.6 Å². The summed E-state index contributed by atoms with van der Waals surface area (Å²) in [5.41, 5.74) is -1.12. The molecule has 0 atom stereocenters. The molecule has 3 aromatic rings. The van der Waals surface area contributed by atoms with E-state index in [1.807, 2.05) is 0 Å². The van der Waals surface area contributed by atoms with Gasteiger partial charge in [0.05, 0.1) is 10.9 Å². The van der Waals surface area contributed by atoms with Crippen LogP contribution < -0.4 is 15.1 Å². The van der Waals surface area contributed by atoms with E-state index in [9.17, 15) is 22.8 Å². The monoisotopic (exact) mass is 440 g/mol. The van der Waals surface area contributed by atoms with Crippen LogP contribution in [0.15, 0.2) is 44.0 Å². The largest absolute Gasteiger partial charge is 0.573 e. The fraction of sp³-hybridized carbons (Fsp3) is 0.111. The first-order chi connectivity index (χ1) is 12.6. The highest BCUT2D eigenvalue weighted by atomic mass is 79.9. The van der Waals surface area contributed by atoms with Gasteiger partial charge in [-0.25, -0.2) is 4.79 Å².